The third-order valence-electron chi connectivity index (χ3n) is 4.25. The van der Waals surface area contributed by atoms with Gasteiger partial charge in [-0.15, -0.1) is 0 Å². The van der Waals surface area contributed by atoms with Crippen molar-refractivity contribution >= 4 is 17.7 Å². The summed E-state index contributed by atoms with van der Waals surface area (Å²) in [6.45, 7) is 0. The van der Waals surface area contributed by atoms with Crippen LogP contribution in [0.15, 0.2) is 61.1 Å². The maximum Gasteiger partial charge on any atom is 0.336 e. The number of nitrogens with one attached hydrogen (secondary N) is 1. The van der Waals surface area contributed by atoms with E-state index in [1.54, 1.807) is 42.7 Å². The molecule has 1 amide bonds. The number of carboxylic acid groups (broad SMARTS) is 1. The lowest BCUT2D eigenvalue weighted by Gasteiger charge is -2.12. The summed E-state index contributed by atoms with van der Waals surface area (Å²) in [5.41, 5.74) is 2.10. The van der Waals surface area contributed by atoms with Crippen molar-refractivity contribution < 1.29 is 19.5 Å². The highest BCUT2D eigenvalue weighted by molar-refractivity contribution is 6.03. The number of amides is 1. The van der Waals surface area contributed by atoms with Crippen LogP contribution in [0.3, 0.4) is 0 Å². The van der Waals surface area contributed by atoms with Crippen LogP contribution in [0.4, 0.5) is 0 Å². The fourth-order valence-corrected chi connectivity index (χ4v) is 2.90. The Kier molecular flexibility index (Phi) is 5.55. The van der Waals surface area contributed by atoms with Gasteiger partial charge in [-0.05, 0) is 41.0 Å². The van der Waals surface area contributed by atoms with Crippen molar-refractivity contribution in [2.75, 3.05) is 7.05 Å². The van der Waals surface area contributed by atoms with Crippen LogP contribution in [-0.2, 0) is 6.42 Å². The third-order valence-corrected chi connectivity index (χ3v) is 4.25. The quantitative estimate of drug-likeness (QED) is 0.641. The van der Waals surface area contributed by atoms with Gasteiger partial charge in [-0.3, -0.25) is 19.6 Å². The Morgan fingerprint density at radius 3 is 2.46 bits per heavy atom. The zero-order valence-electron chi connectivity index (χ0n) is 15.0. The Bertz CT molecular complexity index is 1050. The molecule has 2 aromatic heterocycles. The molecule has 0 unspecified atom stereocenters. The Morgan fingerprint density at radius 2 is 1.79 bits per heavy atom. The molecule has 3 rings (SSSR count). The van der Waals surface area contributed by atoms with Crippen LogP contribution in [0.25, 0.3) is 11.1 Å². The summed E-state index contributed by atoms with van der Waals surface area (Å²) in [5, 5.41) is 12.2. The molecule has 2 N–H and O–H groups in total. The molecule has 7 heteroatoms. The Morgan fingerprint density at radius 1 is 1.04 bits per heavy atom. The topological polar surface area (TPSA) is 109 Å². The molecule has 0 fully saturated rings. The Hall–Kier alpha value is -3.87. The van der Waals surface area contributed by atoms with E-state index >= 15 is 0 Å². The van der Waals surface area contributed by atoms with Gasteiger partial charge in [0.25, 0.3) is 5.91 Å². The first-order valence-electron chi connectivity index (χ1n) is 8.48. The molecule has 2 heterocycles. The number of aromatic carboxylic acids is 1. The summed E-state index contributed by atoms with van der Waals surface area (Å²) >= 11 is 0. The van der Waals surface area contributed by atoms with Gasteiger partial charge < -0.3 is 10.4 Å². The second-order valence-electron chi connectivity index (χ2n) is 5.99. The van der Waals surface area contributed by atoms with Gasteiger partial charge in [-0.1, -0.05) is 18.2 Å². The van der Waals surface area contributed by atoms with Crippen LogP contribution >= 0.6 is 0 Å². The number of carbonyl (C=O) groups is 3. The zero-order chi connectivity index (χ0) is 20.1. The van der Waals surface area contributed by atoms with Crippen molar-refractivity contribution in [3.63, 3.8) is 0 Å². The molecule has 7 nitrogen and oxygen atoms in total. The number of rotatable bonds is 6. The predicted molar refractivity (Wildman–Crippen MR) is 102 cm³/mol. The highest BCUT2D eigenvalue weighted by Gasteiger charge is 2.20. The maximum absolute atomic E-state index is 12.7. The number of nitrogens with zero attached hydrogens (tertiary/aromatic N) is 2. The fourth-order valence-electron chi connectivity index (χ4n) is 2.90. The van der Waals surface area contributed by atoms with Gasteiger partial charge in [-0.25, -0.2) is 4.79 Å². The molecule has 0 radical (unpaired) electrons. The van der Waals surface area contributed by atoms with Gasteiger partial charge in [0, 0.05) is 37.6 Å². The number of benzene rings is 1. The second kappa shape index (κ2) is 8.22. The number of ketones is 1. The lowest BCUT2D eigenvalue weighted by Crippen LogP contribution is -2.20. The average molecular weight is 375 g/mol. The van der Waals surface area contributed by atoms with E-state index in [9.17, 15) is 19.5 Å². The van der Waals surface area contributed by atoms with E-state index in [1.807, 2.05) is 0 Å². The molecule has 0 aliphatic rings. The number of hydrogen-bond donors (Lipinski definition) is 2. The van der Waals surface area contributed by atoms with E-state index in [0.717, 1.165) is 0 Å². The van der Waals surface area contributed by atoms with Crippen molar-refractivity contribution in [1.82, 2.24) is 15.3 Å². The van der Waals surface area contributed by atoms with E-state index in [4.69, 9.17) is 0 Å². The molecule has 140 valence electrons. The number of hydrogen-bond acceptors (Lipinski definition) is 5. The summed E-state index contributed by atoms with van der Waals surface area (Å²) in [6.07, 6.45) is 4.42. The van der Waals surface area contributed by atoms with Gasteiger partial charge in [0.1, 0.15) is 5.69 Å². The summed E-state index contributed by atoms with van der Waals surface area (Å²) < 4.78 is 0. The van der Waals surface area contributed by atoms with Gasteiger partial charge in [0.15, 0.2) is 5.78 Å². The van der Waals surface area contributed by atoms with Crippen molar-refractivity contribution in [3.8, 4) is 11.1 Å². The molecular formula is C21H17N3O4. The first-order valence-corrected chi connectivity index (χ1v) is 8.48. The van der Waals surface area contributed by atoms with Gasteiger partial charge in [0.2, 0.25) is 0 Å². The smallest absolute Gasteiger partial charge is 0.336 e. The number of Topliss-reactive ketones (excluding diaryl/α,β-unsaturated/α-hetero) is 1. The second-order valence-corrected chi connectivity index (χ2v) is 5.99. The molecule has 3 aromatic rings. The summed E-state index contributed by atoms with van der Waals surface area (Å²) in [7, 11) is 1.47. The van der Waals surface area contributed by atoms with Gasteiger partial charge in [0.05, 0.1) is 5.56 Å². The van der Waals surface area contributed by atoms with E-state index in [2.05, 4.69) is 15.3 Å². The fraction of sp³-hybridized carbons (Fsp3) is 0.0952. The molecule has 0 bridgehead atoms. The van der Waals surface area contributed by atoms with Crippen molar-refractivity contribution in [3.05, 3.63) is 83.4 Å². The summed E-state index contributed by atoms with van der Waals surface area (Å²) in [5.74, 6) is -1.82. The van der Waals surface area contributed by atoms with Crippen LogP contribution in [0.1, 0.15) is 36.8 Å². The number of pyridine rings is 2. The van der Waals surface area contributed by atoms with Crippen molar-refractivity contribution in [1.29, 1.82) is 0 Å². The largest absolute Gasteiger partial charge is 0.478 e. The molecule has 0 aliphatic carbocycles. The van der Waals surface area contributed by atoms with E-state index in [1.165, 1.54) is 25.4 Å². The minimum Gasteiger partial charge on any atom is -0.478 e. The number of carbonyl (C=O) groups excluding carboxylic acids is 2. The number of carboxylic acids is 1. The lowest BCUT2D eigenvalue weighted by atomic mass is 9.92. The molecule has 0 aliphatic heterocycles. The lowest BCUT2D eigenvalue weighted by molar-refractivity contribution is 0.0696. The molecule has 0 saturated carbocycles. The Balaban J connectivity index is 1.98. The zero-order valence-corrected chi connectivity index (χ0v) is 15.0. The van der Waals surface area contributed by atoms with E-state index in [0.29, 0.717) is 22.3 Å². The van der Waals surface area contributed by atoms with Crippen LogP contribution in [0.2, 0.25) is 0 Å². The molecule has 0 saturated heterocycles. The first kappa shape index (κ1) is 18.9. The van der Waals surface area contributed by atoms with Gasteiger partial charge >= 0.3 is 5.97 Å². The minimum absolute atomic E-state index is 0.0719. The molecule has 0 atom stereocenters. The monoisotopic (exact) mass is 375 g/mol. The molecule has 0 spiro atoms. The molecule has 28 heavy (non-hydrogen) atoms. The van der Waals surface area contributed by atoms with Gasteiger partial charge in [-0.2, -0.15) is 0 Å². The molecular weight excluding hydrogens is 358 g/mol. The number of aromatic nitrogens is 2. The third kappa shape index (κ3) is 3.93. The van der Waals surface area contributed by atoms with Crippen LogP contribution < -0.4 is 5.32 Å². The predicted octanol–water partition coefficient (Wildman–Crippen LogP) is 2.63. The average Bonchev–Trinajstić information content (AvgIpc) is 2.73. The van der Waals surface area contributed by atoms with Crippen molar-refractivity contribution in [2.45, 2.75) is 6.42 Å². The Labute approximate surface area is 161 Å². The highest BCUT2D eigenvalue weighted by atomic mass is 16.4. The summed E-state index contributed by atoms with van der Waals surface area (Å²) in [6, 6.07) is 11.4. The minimum atomic E-state index is -1.11. The SMILES string of the molecule is CNC(=O)c1cc(C(=O)Cc2cccc(-c3ccncc3)c2C(=O)O)ccn1. The van der Waals surface area contributed by atoms with Crippen molar-refractivity contribution in [2.24, 2.45) is 0 Å². The molecule has 1 aromatic carbocycles. The first-order chi connectivity index (χ1) is 13.5. The standard InChI is InChI=1S/C21H17N3O4/c1-22-20(26)17-11-14(7-10-24-17)18(25)12-15-3-2-4-16(19(15)21(27)28)13-5-8-23-9-6-13/h2-11H,12H2,1H3,(H,22,26)(H,27,28). The normalized spacial score (nSPS) is 10.3. The summed E-state index contributed by atoms with van der Waals surface area (Å²) in [4.78, 5) is 44.3. The van der Waals surface area contributed by atoms with Crippen LogP contribution in [-0.4, -0.2) is 39.8 Å². The van der Waals surface area contributed by atoms with E-state index < -0.39 is 11.9 Å². The van der Waals surface area contributed by atoms with E-state index in [-0.39, 0.29) is 23.5 Å². The van der Waals surface area contributed by atoms with Crippen LogP contribution in [0, 0.1) is 0 Å². The van der Waals surface area contributed by atoms with Crippen LogP contribution in [0.5, 0.6) is 0 Å². The maximum atomic E-state index is 12.7. The highest BCUT2D eigenvalue weighted by Crippen LogP contribution is 2.27.